The molecular formula is C19H29NO3. The third kappa shape index (κ3) is 4.40. The van der Waals surface area contributed by atoms with Crippen LogP contribution < -0.4 is 14.8 Å². The van der Waals surface area contributed by atoms with Crippen LogP contribution in [0, 0.1) is 11.8 Å². The van der Waals surface area contributed by atoms with E-state index in [9.17, 15) is 4.79 Å². The monoisotopic (exact) mass is 319 g/mol. The van der Waals surface area contributed by atoms with Gasteiger partial charge in [-0.1, -0.05) is 32.8 Å². The van der Waals surface area contributed by atoms with Gasteiger partial charge in [0.1, 0.15) is 0 Å². The lowest BCUT2D eigenvalue weighted by molar-refractivity contribution is -0.123. The molecule has 1 N–H and O–H groups in total. The molecule has 1 aliphatic rings. The molecule has 1 aliphatic carbocycles. The SMILES string of the molecule is COc1ccc(C(C(=O)NCC2CCCC2)C(C)C)cc1OC. The lowest BCUT2D eigenvalue weighted by Gasteiger charge is -2.23. The van der Waals surface area contributed by atoms with E-state index in [0.717, 1.165) is 12.1 Å². The van der Waals surface area contributed by atoms with Gasteiger partial charge < -0.3 is 14.8 Å². The van der Waals surface area contributed by atoms with E-state index >= 15 is 0 Å². The average molecular weight is 319 g/mol. The van der Waals surface area contributed by atoms with Gasteiger partial charge in [0.25, 0.3) is 0 Å². The number of carbonyl (C=O) groups is 1. The minimum absolute atomic E-state index is 0.110. The first-order chi connectivity index (χ1) is 11.1. The summed E-state index contributed by atoms with van der Waals surface area (Å²) in [4.78, 5) is 12.7. The summed E-state index contributed by atoms with van der Waals surface area (Å²) >= 11 is 0. The predicted octanol–water partition coefficient (Wildman–Crippen LogP) is 3.75. The summed E-state index contributed by atoms with van der Waals surface area (Å²) in [6, 6.07) is 5.74. The summed E-state index contributed by atoms with van der Waals surface area (Å²) in [7, 11) is 3.23. The third-order valence-corrected chi connectivity index (χ3v) is 4.76. The van der Waals surface area contributed by atoms with Crippen molar-refractivity contribution in [3.8, 4) is 11.5 Å². The normalized spacial score (nSPS) is 16.4. The Kier molecular flexibility index (Phi) is 6.31. The highest BCUT2D eigenvalue weighted by Gasteiger charge is 2.26. The number of nitrogens with one attached hydrogen (secondary N) is 1. The second-order valence-corrected chi connectivity index (χ2v) is 6.73. The highest BCUT2D eigenvalue weighted by Crippen LogP contribution is 2.33. The van der Waals surface area contributed by atoms with Crippen LogP contribution in [-0.4, -0.2) is 26.7 Å². The molecule has 4 nitrogen and oxygen atoms in total. The Labute approximate surface area is 139 Å². The van der Waals surface area contributed by atoms with Gasteiger partial charge in [0, 0.05) is 6.54 Å². The first kappa shape index (κ1) is 17.6. The van der Waals surface area contributed by atoms with Crippen LogP contribution in [0.2, 0.25) is 0 Å². The number of hydrogen-bond donors (Lipinski definition) is 1. The van der Waals surface area contributed by atoms with Crippen LogP contribution >= 0.6 is 0 Å². The summed E-state index contributed by atoms with van der Waals surface area (Å²) in [5.74, 6) is 2.16. The van der Waals surface area contributed by atoms with Gasteiger partial charge in [0.15, 0.2) is 11.5 Å². The summed E-state index contributed by atoms with van der Waals surface area (Å²) in [5, 5.41) is 3.16. The van der Waals surface area contributed by atoms with E-state index in [1.54, 1.807) is 14.2 Å². The molecular weight excluding hydrogens is 290 g/mol. The van der Waals surface area contributed by atoms with Crippen LogP contribution in [0.3, 0.4) is 0 Å². The van der Waals surface area contributed by atoms with Gasteiger partial charge in [-0.15, -0.1) is 0 Å². The van der Waals surface area contributed by atoms with Crippen molar-refractivity contribution in [1.82, 2.24) is 5.32 Å². The number of methoxy groups -OCH3 is 2. The molecule has 0 radical (unpaired) electrons. The zero-order valence-electron chi connectivity index (χ0n) is 14.7. The minimum Gasteiger partial charge on any atom is -0.493 e. The van der Waals surface area contributed by atoms with Gasteiger partial charge in [-0.05, 0) is 42.4 Å². The van der Waals surface area contributed by atoms with Crippen molar-refractivity contribution >= 4 is 5.91 Å². The molecule has 1 aromatic carbocycles. The largest absolute Gasteiger partial charge is 0.493 e. The minimum atomic E-state index is -0.170. The van der Waals surface area contributed by atoms with E-state index in [0.29, 0.717) is 17.4 Å². The molecule has 0 aliphatic heterocycles. The number of carbonyl (C=O) groups excluding carboxylic acids is 1. The van der Waals surface area contributed by atoms with Gasteiger partial charge in [-0.2, -0.15) is 0 Å². The smallest absolute Gasteiger partial charge is 0.227 e. The lowest BCUT2D eigenvalue weighted by Crippen LogP contribution is -2.34. The van der Waals surface area contributed by atoms with E-state index < -0.39 is 0 Å². The molecule has 0 spiro atoms. The molecule has 23 heavy (non-hydrogen) atoms. The average Bonchev–Trinajstić information content (AvgIpc) is 3.06. The predicted molar refractivity (Wildman–Crippen MR) is 92.1 cm³/mol. The second kappa shape index (κ2) is 8.23. The van der Waals surface area contributed by atoms with E-state index in [2.05, 4.69) is 19.2 Å². The number of rotatable bonds is 7. The van der Waals surface area contributed by atoms with Crippen LogP contribution in [0.15, 0.2) is 18.2 Å². The Morgan fingerprint density at radius 3 is 2.39 bits per heavy atom. The molecule has 1 aromatic rings. The molecule has 1 saturated carbocycles. The molecule has 0 saturated heterocycles. The van der Waals surface area contributed by atoms with E-state index in [-0.39, 0.29) is 17.7 Å². The fourth-order valence-electron chi connectivity index (χ4n) is 3.45. The van der Waals surface area contributed by atoms with E-state index in [1.807, 2.05) is 18.2 Å². The first-order valence-electron chi connectivity index (χ1n) is 8.56. The van der Waals surface area contributed by atoms with Crippen molar-refractivity contribution < 1.29 is 14.3 Å². The van der Waals surface area contributed by atoms with E-state index in [4.69, 9.17) is 9.47 Å². The quantitative estimate of drug-likeness (QED) is 0.832. The van der Waals surface area contributed by atoms with Crippen molar-refractivity contribution in [1.29, 1.82) is 0 Å². The topological polar surface area (TPSA) is 47.6 Å². The third-order valence-electron chi connectivity index (χ3n) is 4.76. The van der Waals surface area contributed by atoms with Crippen molar-refractivity contribution in [3.63, 3.8) is 0 Å². The number of amides is 1. The molecule has 2 rings (SSSR count). The van der Waals surface area contributed by atoms with Crippen molar-refractivity contribution in [2.75, 3.05) is 20.8 Å². The number of ether oxygens (including phenoxy) is 2. The Hall–Kier alpha value is -1.71. The lowest BCUT2D eigenvalue weighted by atomic mass is 9.87. The maximum atomic E-state index is 12.7. The van der Waals surface area contributed by atoms with Crippen LogP contribution in [0.1, 0.15) is 51.0 Å². The summed E-state index contributed by atoms with van der Waals surface area (Å²) < 4.78 is 10.7. The van der Waals surface area contributed by atoms with Gasteiger partial charge >= 0.3 is 0 Å². The maximum absolute atomic E-state index is 12.7. The molecule has 1 atom stereocenters. The Morgan fingerprint density at radius 2 is 1.83 bits per heavy atom. The van der Waals surface area contributed by atoms with Gasteiger partial charge in [0.2, 0.25) is 5.91 Å². The number of benzene rings is 1. The highest BCUT2D eigenvalue weighted by molar-refractivity contribution is 5.84. The molecule has 0 aromatic heterocycles. The molecule has 1 amide bonds. The molecule has 0 heterocycles. The van der Waals surface area contributed by atoms with Crippen molar-refractivity contribution in [2.24, 2.45) is 11.8 Å². The van der Waals surface area contributed by atoms with E-state index in [1.165, 1.54) is 25.7 Å². The Balaban J connectivity index is 2.11. The van der Waals surface area contributed by atoms with Crippen LogP contribution in [0.4, 0.5) is 0 Å². The Bertz CT molecular complexity index is 521. The standard InChI is InChI=1S/C19H29NO3/c1-13(2)18(19(21)20-12-14-7-5-6-8-14)15-9-10-16(22-3)17(11-15)23-4/h9-11,13-14,18H,5-8,12H2,1-4H3,(H,20,21). The molecule has 1 fully saturated rings. The summed E-state index contributed by atoms with van der Waals surface area (Å²) in [6.07, 6.45) is 5.07. The fourth-order valence-corrected chi connectivity index (χ4v) is 3.45. The zero-order valence-corrected chi connectivity index (χ0v) is 14.7. The van der Waals surface area contributed by atoms with Gasteiger partial charge in [0.05, 0.1) is 20.1 Å². The highest BCUT2D eigenvalue weighted by atomic mass is 16.5. The second-order valence-electron chi connectivity index (χ2n) is 6.73. The summed E-state index contributed by atoms with van der Waals surface area (Å²) in [6.45, 7) is 4.96. The Morgan fingerprint density at radius 1 is 1.17 bits per heavy atom. The number of hydrogen-bond acceptors (Lipinski definition) is 3. The molecule has 0 bridgehead atoms. The van der Waals surface area contributed by atoms with Crippen molar-refractivity contribution in [2.45, 2.75) is 45.4 Å². The zero-order chi connectivity index (χ0) is 16.8. The van der Waals surface area contributed by atoms with Crippen LogP contribution in [-0.2, 0) is 4.79 Å². The fraction of sp³-hybridized carbons (Fsp3) is 0.632. The summed E-state index contributed by atoms with van der Waals surface area (Å²) in [5.41, 5.74) is 0.974. The van der Waals surface area contributed by atoms with Crippen LogP contribution in [0.5, 0.6) is 11.5 Å². The van der Waals surface area contributed by atoms with Gasteiger partial charge in [-0.25, -0.2) is 0 Å². The molecule has 1 unspecified atom stereocenters. The van der Waals surface area contributed by atoms with Crippen LogP contribution in [0.25, 0.3) is 0 Å². The molecule has 128 valence electrons. The molecule has 4 heteroatoms. The first-order valence-corrected chi connectivity index (χ1v) is 8.56. The van der Waals surface area contributed by atoms with Gasteiger partial charge in [-0.3, -0.25) is 4.79 Å². The maximum Gasteiger partial charge on any atom is 0.227 e. The van der Waals surface area contributed by atoms with Crippen molar-refractivity contribution in [3.05, 3.63) is 23.8 Å².